The molecule has 0 saturated carbocycles. The minimum absolute atomic E-state index is 0.118. The summed E-state index contributed by atoms with van der Waals surface area (Å²) in [6, 6.07) is 1.95. The first kappa shape index (κ1) is 14.5. The van der Waals surface area contributed by atoms with Crippen molar-refractivity contribution in [1.29, 1.82) is 0 Å². The standard InChI is InChI=1S/C14H21N5O/c1-5-15-6-7-16-14(20)12-11(4)18-19-10(3)8-9(2)17-13(12)19/h8,15H,5-7H2,1-4H3,(H,16,20). The normalized spacial score (nSPS) is 11.0. The van der Waals surface area contributed by atoms with Crippen molar-refractivity contribution >= 4 is 11.6 Å². The number of rotatable bonds is 5. The third-order valence-corrected chi connectivity index (χ3v) is 3.13. The first-order valence-electron chi connectivity index (χ1n) is 6.87. The molecule has 0 spiro atoms. The number of nitrogens with one attached hydrogen (secondary N) is 2. The number of fused-ring (bicyclic) bond motifs is 1. The van der Waals surface area contributed by atoms with E-state index in [0.29, 0.717) is 23.4 Å². The van der Waals surface area contributed by atoms with Crippen LogP contribution in [0.15, 0.2) is 6.07 Å². The van der Waals surface area contributed by atoms with E-state index in [9.17, 15) is 4.79 Å². The van der Waals surface area contributed by atoms with Crippen molar-refractivity contribution < 1.29 is 4.79 Å². The van der Waals surface area contributed by atoms with Crippen LogP contribution in [-0.2, 0) is 0 Å². The molecule has 2 heterocycles. The summed E-state index contributed by atoms with van der Waals surface area (Å²) in [5, 5.41) is 10.5. The zero-order chi connectivity index (χ0) is 14.7. The van der Waals surface area contributed by atoms with Crippen LogP contribution in [0.4, 0.5) is 0 Å². The van der Waals surface area contributed by atoms with E-state index < -0.39 is 0 Å². The van der Waals surface area contributed by atoms with Crippen molar-refractivity contribution in [3.63, 3.8) is 0 Å². The highest BCUT2D eigenvalue weighted by Gasteiger charge is 2.19. The monoisotopic (exact) mass is 275 g/mol. The van der Waals surface area contributed by atoms with Crippen molar-refractivity contribution in [1.82, 2.24) is 25.2 Å². The number of likely N-dealkylation sites (N-methyl/N-ethyl adjacent to an activating group) is 1. The van der Waals surface area contributed by atoms with Crippen LogP contribution in [0.25, 0.3) is 5.65 Å². The molecule has 2 N–H and O–H groups in total. The van der Waals surface area contributed by atoms with E-state index in [0.717, 1.165) is 24.5 Å². The van der Waals surface area contributed by atoms with Gasteiger partial charge in [-0.3, -0.25) is 4.79 Å². The number of aromatic nitrogens is 3. The lowest BCUT2D eigenvalue weighted by molar-refractivity contribution is 0.0955. The van der Waals surface area contributed by atoms with Gasteiger partial charge in [-0.1, -0.05) is 6.92 Å². The van der Waals surface area contributed by atoms with E-state index >= 15 is 0 Å². The van der Waals surface area contributed by atoms with E-state index in [-0.39, 0.29) is 5.91 Å². The number of carbonyl (C=O) groups excluding carboxylic acids is 1. The lowest BCUT2D eigenvalue weighted by Gasteiger charge is -2.05. The Kier molecular flexibility index (Phi) is 4.34. The molecule has 0 unspecified atom stereocenters. The number of nitrogens with zero attached hydrogens (tertiary/aromatic N) is 3. The van der Waals surface area contributed by atoms with Gasteiger partial charge in [-0.15, -0.1) is 0 Å². The van der Waals surface area contributed by atoms with Gasteiger partial charge in [0.05, 0.1) is 5.69 Å². The quantitative estimate of drug-likeness (QED) is 0.798. The van der Waals surface area contributed by atoms with Gasteiger partial charge >= 0.3 is 0 Å². The summed E-state index contributed by atoms with van der Waals surface area (Å²) in [7, 11) is 0. The molecule has 0 saturated heterocycles. The SMILES string of the molecule is CCNCCNC(=O)c1c(C)nn2c(C)cc(C)nc12. The average Bonchev–Trinajstić information content (AvgIpc) is 2.71. The second-order valence-corrected chi connectivity index (χ2v) is 4.84. The summed E-state index contributed by atoms with van der Waals surface area (Å²) in [5.41, 5.74) is 3.75. The highest BCUT2D eigenvalue weighted by Crippen LogP contribution is 2.15. The summed E-state index contributed by atoms with van der Waals surface area (Å²) < 4.78 is 1.72. The van der Waals surface area contributed by atoms with Crippen LogP contribution < -0.4 is 10.6 Å². The lowest BCUT2D eigenvalue weighted by atomic mass is 10.2. The lowest BCUT2D eigenvalue weighted by Crippen LogP contribution is -2.32. The molecular weight excluding hydrogens is 254 g/mol. The van der Waals surface area contributed by atoms with Crippen LogP contribution in [0, 0.1) is 20.8 Å². The molecule has 2 aromatic heterocycles. The zero-order valence-corrected chi connectivity index (χ0v) is 12.4. The largest absolute Gasteiger partial charge is 0.351 e. The molecule has 0 aromatic carbocycles. The molecule has 108 valence electrons. The maximum atomic E-state index is 12.3. The van der Waals surface area contributed by atoms with Crippen LogP contribution in [0.3, 0.4) is 0 Å². The maximum absolute atomic E-state index is 12.3. The Morgan fingerprint density at radius 2 is 2.05 bits per heavy atom. The fourth-order valence-corrected chi connectivity index (χ4v) is 2.22. The van der Waals surface area contributed by atoms with Crippen molar-refractivity contribution in [2.75, 3.05) is 19.6 Å². The zero-order valence-electron chi connectivity index (χ0n) is 12.4. The summed E-state index contributed by atoms with van der Waals surface area (Å²) in [4.78, 5) is 16.7. The second kappa shape index (κ2) is 6.00. The number of hydrogen-bond donors (Lipinski definition) is 2. The van der Waals surface area contributed by atoms with Crippen molar-refractivity contribution in [3.8, 4) is 0 Å². The predicted octanol–water partition coefficient (Wildman–Crippen LogP) is 0.994. The summed E-state index contributed by atoms with van der Waals surface area (Å²) >= 11 is 0. The van der Waals surface area contributed by atoms with E-state index in [1.807, 2.05) is 33.8 Å². The van der Waals surface area contributed by atoms with Gasteiger partial charge in [0.25, 0.3) is 5.91 Å². The first-order chi connectivity index (χ1) is 9.54. The molecule has 0 radical (unpaired) electrons. The van der Waals surface area contributed by atoms with Crippen molar-refractivity contribution in [2.24, 2.45) is 0 Å². The van der Waals surface area contributed by atoms with Gasteiger partial charge in [0.1, 0.15) is 5.56 Å². The predicted molar refractivity (Wildman–Crippen MR) is 78.1 cm³/mol. The smallest absolute Gasteiger partial charge is 0.257 e. The fraction of sp³-hybridized carbons (Fsp3) is 0.500. The van der Waals surface area contributed by atoms with Gasteiger partial charge in [0.2, 0.25) is 0 Å². The minimum Gasteiger partial charge on any atom is -0.351 e. The van der Waals surface area contributed by atoms with Gasteiger partial charge in [0.15, 0.2) is 5.65 Å². The number of carbonyl (C=O) groups is 1. The van der Waals surface area contributed by atoms with E-state index in [4.69, 9.17) is 0 Å². The molecule has 2 rings (SSSR count). The fourth-order valence-electron chi connectivity index (χ4n) is 2.22. The molecule has 0 aliphatic heterocycles. The van der Waals surface area contributed by atoms with Crippen LogP contribution >= 0.6 is 0 Å². The molecule has 6 nitrogen and oxygen atoms in total. The highest BCUT2D eigenvalue weighted by molar-refractivity contribution is 6.01. The van der Waals surface area contributed by atoms with Crippen molar-refractivity contribution in [2.45, 2.75) is 27.7 Å². The van der Waals surface area contributed by atoms with Crippen LogP contribution in [-0.4, -0.2) is 40.1 Å². The summed E-state index contributed by atoms with van der Waals surface area (Å²) in [6.45, 7) is 9.99. The Bertz CT molecular complexity index is 632. The van der Waals surface area contributed by atoms with Gasteiger partial charge in [-0.2, -0.15) is 5.10 Å². The van der Waals surface area contributed by atoms with Crippen LogP contribution in [0.1, 0.15) is 34.4 Å². The van der Waals surface area contributed by atoms with Gasteiger partial charge in [-0.25, -0.2) is 9.50 Å². The molecule has 20 heavy (non-hydrogen) atoms. The molecule has 0 atom stereocenters. The second-order valence-electron chi connectivity index (χ2n) is 4.84. The number of amides is 1. The minimum atomic E-state index is -0.118. The third-order valence-electron chi connectivity index (χ3n) is 3.13. The van der Waals surface area contributed by atoms with Crippen molar-refractivity contribution in [3.05, 3.63) is 28.7 Å². The first-order valence-corrected chi connectivity index (χ1v) is 6.87. The van der Waals surface area contributed by atoms with Gasteiger partial charge in [0, 0.05) is 24.5 Å². The molecule has 6 heteroatoms. The van der Waals surface area contributed by atoms with E-state index in [1.165, 1.54) is 0 Å². The Labute approximate surface area is 118 Å². The highest BCUT2D eigenvalue weighted by atomic mass is 16.1. The molecule has 0 fully saturated rings. The summed E-state index contributed by atoms with van der Waals surface area (Å²) in [6.07, 6.45) is 0. The number of aryl methyl sites for hydroxylation is 3. The number of hydrogen-bond acceptors (Lipinski definition) is 4. The van der Waals surface area contributed by atoms with Crippen LogP contribution in [0.5, 0.6) is 0 Å². The molecule has 1 amide bonds. The average molecular weight is 275 g/mol. The topological polar surface area (TPSA) is 71.3 Å². The van der Waals surface area contributed by atoms with Gasteiger partial charge in [-0.05, 0) is 33.4 Å². The Balaban J connectivity index is 2.29. The van der Waals surface area contributed by atoms with Crippen LogP contribution in [0.2, 0.25) is 0 Å². The molecule has 0 aliphatic rings. The van der Waals surface area contributed by atoms with E-state index in [1.54, 1.807) is 4.52 Å². The maximum Gasteiger partial charge on any atom is 0.257 e. The molecule has 2 aromatic rings. The molecular formula is C14H21N5O. The Morgan fingerprint density at radius 3 is 2.75 bits per heavy atom. The van der Waals surface area contributed by atoms with E-state index in [2.05, 4.69) is 20.7 Å². The molecule has 0 aliphatic carbocycles. The Hall–Kier alpha value is -1.95. The third kappa shape index (κ3) is 2.80. The Morgan fingerprint density at radius 1 is 1.30 bits per heavy atom. The van der Waals surface area contributed by atoms with Gasteiger partial charge < -0.3 is 10.6 Å². The summed E-state index contributed by atoms with van der Waals surface area (Å²) in [5.74, 6) is -0.118. The molecule has 0 bridgehead atoms.